The van der Waals surface area contributed by atoms with Gasteiger partial charge in [-0.25, -0.2) is 4.98 Å². The monoisotopic (exact) mass is 348 g/mol. The van der Waals surface area contributed by atoms with E-state index in [2.05, 4.69) is 10.3 Å². The molecule has 1 heterocycles. The second kappa shape index (κ2) is 8.21. The summed E-state index contributed by atoms with van der Waals surface area (Å²) in [7, 11) is 3.02. The Labute approximate surface area is 143 Å². The van der Waals surface area contributed by atoms with Crippen molar-refractivity contribution in [2.24, 2.45) is 0 Å². The number of ether oxygens (including phenoxy) is 2. The fraction of sp³-hybridized carbons (Fsp3) is 0.188. The first-order valence-corrected chi connectivity index (χ1v) is 7.86. The number of rotatable bonds is 7. The number of carboxylic acid groups (broad SMARTS) is 1. The summed E-state index contributed by atoms with van der Waals surface area (Å²) in [5.41, 5.74) is 0.923. The van der Waals surface area contributed by atoms with Crippen molar-refractivity contribution in [2.45, 2.75) is 5.03 Å². The van der Waals surface area contributed by atoms with Crippen molar-refractivity contribution in [3.8, 4) is 11.5 Å². The second-order valence-corrected chi connectivity index (χ2v) is 5.59. The van der Waals surface area contributed by atoms with E-state index < -0.39 is 5.97 Å². The molecule has 0 aliphatic heterocycles. The Balaban J connectivity index is 2.05. The Kier molecular flexibility index (Phi) is 6.02. The van der Waals surface area contributed by atoms with Crippen LogP contribution in [0.4, 0.5) is 5.69 Å². The summed E-state index contributed by atoms with van der Waals surface area (Å²) in [5.74, 6) is -0.291. The molecule has 0 fully saturated rings. The number of nitrogens with one attached hydrogen (secondary N) is 1. The van der Waals surface area contributed by atoms with Gasteiger partial charge in [-0.15, -0.1) is 0 Å². The van der Waals surface area contributed by atoms with Crippen LogP contribution in [0, 0.1) is 0 Å². The number of aliphatic carboxylic acids is 1. The van der Waals surface area contributed by atoms with Gasteiger partial charge in [0.2, 0.25) is 0 Å². The highest BCUT2D eigenvalue weighted by molar-refractivity contribution is 7.99. The average molecular weight is 348 g/mol. The Morgan fingerprint density at radius 1 is 1.17 bits per heavy atom. The van der Waals surface area contributed by atoms with E-state index in [-0.39, 0.29) is 11.7 Å². The zero-order valence-corrected chi connectivity index (χ0v) is 13.9. The molecule has 0 saturated carbocycles. The smallest absolute Gasteiger partial charge is 0.313 e. The molecular formula is C16H16N2O5S. The first-order valence-electron chi connectivity index (χ1n) is 6.87. The Morgan fingerprint density at radius 2 is 1.92 bits per heavy atom. The number of amides is 1. The highest BCUT2D eigenvalue weighted by atomic mass is 32.2. The van der Waals surface area contributed by atoms with Crippen LogP contribution in [-0.2, 0) is 4.79 Å². The largest absolute Gasteiger partial charge is 0.493 e. The quantitative estimate of drug-likeness (QED) is 0.742. The first-order chi connectivity index (χ1) is 11.5. The van der Waals surface area contributed by atoms with Crippen LogP contribution in [0.5, 0.6) is 11.5 Å². The molecular weight excluding hydrogens is 332 g/mol. The molecule has 0 spiro atoms. The molecule has 1 amide bonds. The Bertz CT molecular complexity index is 734. The van der Waals surface area contributed by atoms with Gasteiger partial charge in [0.1, 0.15) is 0 Å². The van der Waals surface area contributed by atoms with Crippen LogP contribution in [0.15, 0.2) is 41.6 Å². The van der Waals surface area contributed by atoms with Gasteiger partial charge in [-0.3, -0.25) is 9.59 Å². The van der Waals surface area contributed by atoms with Crippen molar-refractivity contribution in [1.82, 2.24) is 4.98 Å². The SMILES string of the molecule is COc1ccc(C(=O)Nc2ccc(SCC(=O)O)nc2)cc1OC. The molecule has 0 bridgehead atoms. The van der Waals surface area contributed by atoms with E-state index >= 15 is 0 Å². The lowest BCUT2D eigenvalue weighted by Crippen LogP contribution is -2.12. The zero-order chi connectivity index (χ0) is 17.5. The normalized spacial score (nSPS) is 10.1. The maximum Gasteiger partial charge on any atom is 0.313 e. The standard InChI is InChI=1S/C16H16N2O5S/c1-22-12-5-3-10(7-13(12)23-2)16(21)18-11-4-6-14(17-8-11)24-9-15(19)20/h3-8H,9H2,1-2H3,(H,18,21)(H,19,20). The molecule has 0 aliphatic carbocycles. The van der Waals surface area contributed by atoms with Gasteiger partial charge in [0.05, 0.1) is 36.9 Å². The highest BCUT2D eigenvalue weighted by Crippen LogP contribution is 2.28. The van der Waals surface area contributed by atoms with Crippen molar-refractivity contribution in [3.63, 3.8) is 0 Å². The maximum absolute atomic E-state index is 12.3. The number of hydrogen-bond acceptors (Lipinski definition) is 6. The first kappa shape index (κ1) is 17.6. The van der Waals surface area contributed by atoms with Gasteiger partial charge >= 0.3 is 5.97 Å². The van der Waals surface area contributed by atoms with Crippen molar-refractivity contribution in [3.05, 3.63) is 42.1 Å². The minimum Gasteiger partial charge on any atom is -0.493 e. The average Bonchev–Trinajstić information content (AvgIpc) is 2.60. The lowest BCUT2D eigenvalue weighted by atomic mass is 10.2. The molecule has 2 aromatic rings. The minimum absolute atomic E-state index is 0.0651. The van der Waals surface area contributed by atoms with Crippen LogP contribution in [0.2, 0.25) is 0 Å². The summed E-state index contributed by atoms with van der Waals surface area (Å²) in [6.45, 7) is 0. The second-order valence-electron chi connectivity index (χ2n) is 4.59. The van der Waals surface area contributed by atoms with E-state index in [1.165, 1.54) is 20.4 Å². The summed E-state index contributed by atoms with van der Waals surface area (Å²) in [6, 6.07) is 8.17. The molecule has 0 aliphatic rings. The highest BCUT2D eigenvalue weighted by Gasteiger charge is 2.11. The summed E-state index contributed by atoms with van der Waals surface area (Å²) in [6.07, 6.45) is 1.48. The van der Waals surface area contributed by atoms with E-state index in [1.807, 2.05) is 0 Å². The van der Waals surface area contributed by atoms with Crippen LogP contribution in [0.25, 0.3) is 0 Å². The van der Waals surface area contributed by atoms with Crippen LogP contribution in [0.3, 0.4) is 0 Å². The van der Waals surface area contributed by atoms with Gasteiger partial charge in [0, 0.05) is 5.56 Å². The van der Waals surface area contributed by atoms with Crippen molar-refractivity contribution in [1.29, 1.82) is 0 Å². The van der Waals surface area contributed by atoms with E-state index in [0.29, 0.717) is 27.8 Å². The molecule has 0 radical (unpaired) electrons. The van der Waals surface area contributed by atoms with E-state index in [9.17, 15) is 9.59 Å². The number of benzene rings is 1. The Hall–Kier alpha value is -2.74. The van der Waals surface area contributed by atoms with E-state index in [1.54, 1.807) is 30.3 Å². The molecule has 7 nitrogen and oxygen atoms in total. The maximum atomic E-state index is 12.3. The third kappa shape index (κ3) is 4.63. The van der Waals surface area contributed by atoms with Gasteiger partial charge in [-0.05, 0) is 30.3 Å². The summed E-state index contributed by atoms with van der Waals surface area (Å²) in [4.78, 5) is 26.9. The zero-order valence-electron chi connectivity index (χ0n) is 13.1. The fourth-order valence-electron chi connectivity index (χ4n) is 1.86. The van der Waals surface area contributed by atoms with Gasteiger partial charge in [0.15, 0.2) is 11.5 Å². The number of carbonyl (C=O) groups is 2. The third-order valence-electron chi connectivity index (χ3n) is 2.98. The molecule has 0 atom stereocenters. The number of methoxy groups -OCH3 is 2. The van der Waals surface area contributed by atoms with Gasteiger partial charge in [-0.1, -0.05) is 11.8 Å². The van der Waals surface area contributed by atoms with Gasteiger partial charge in [0.25, 0.3) is 5.91 Å². The van der Waals surface area contributed by atoms with E-state index in [0.717, 1.165) is 11.8 Å². The molecule has 8 heteroatoms. The molecule has 2 rings (SSSR count). The molecule has 1 aromatic carbocycles. The summed E-state index contributed by atoms with van der Waals surface area (Å²) in [5, 5.41) is 11.9. The summed E-state index contributed by atoms with van der Waals surface area (Å²) < 4.78 is 10.3. The van der Waals surface area contributed by atoms with Crippen LogP contribution >= 0.6 is 11.8 Å². The number of nitrogens with zero attached hydrogens (tertiary/aromatic N) is 1. The number of pyridine rings is 1. The van der Waals surface area contributed by atoms with Crippen LogP contribution < -0.4 is 14.8 Å². The lowest BCUT2D eigenvalue weighted by molar-refractivity contribution is -0.133. The number of carboxylic acids is 1. The van der Waals surface area contributed by atoms with Crippen molar-refractivity contribution in [2.75, 3.05) is 25.3 Å². The number of carbonyl (C=O) groups excluding carboxylic acids is 1. The van der Waals surface area contributed by atoms with Gasteiger partial charge < -0.3 is 19.9 Å². The molecule has 2 N–H and O–H groups in total. The summed E-state index contributed by atoms with van der Waals surface area (Å²) >= 11 is 1.11. The molecule has 24 heavy (non-hydrogen) atoms. The van der Waals surface area contributed by atoms with Crippen molar-refractivity contribution < 1.29 is 24.2 Å². The molecule has 0 unspecified atom stereocenters. The minimum atomic E-state index is -0.910. The lowest BCUT2D eigenvalue weighted by Gasteiger charge is -2.10. The molecule has 1 aromatic heterocycles. The van der Waals surface area contributed by atoms with Crippen molar-refractivity contribution >= 4 is 29.3 Å². The van der Waals surface area contributed by atoms with Crippen LogP contribution in [0.1, 0.15) is 10.4 Å². The number of anilines is 1. The Morgan fingerprint density at radius 3 is 2.50 bits per heavy atom. The fourth-order valence-corrected chi connectivity index (χ4v) is 2.42. The van der Waals surface area contributed by atoms with E-state index in [4.69, 9.17) is 14.6 Å². The van der Waals surface area contributed by atoms with Gasteiger partial charge in [-0.2, -0.15) is 0 Å². The predicted octanol–water partition coefficient (Wildman–Crippen LogP) is 2.53. The topological polar surface area (TPSA) is 97.8 Å². The predicted molar refractivity (Wildman–Crippen MR) is 90.1 cm³/mol. The number of thioether (sulfide) groups is 1. The molecule has 126 valence electrons. The third-order valence-corrected chi connectivity index (χ3v) is 3.91. The molecule has 0 saturated heterocycles. The van der Waals surface area contributed by atoms with Crippen LogP contribution in [-0.4, -0.2) is 41.9 Å². The number of aromatic nitrogens is 1. The number of hydrogen-bond donors (Lipinski definition) is 2.